The molecule has 114 valence electrons. The van der Waals surface area contributed by atoms with Crippen LogP contribution in [0.1, 0.15) is 50.3 Å². The maximum atomic E-state index is 12.9. The molecule has 1 atom stereocenters. The Kier molecular flexibility index (Phi) is 3.12. The lowest BCUT2D eigenvalue weighted by molar-refractivity contribution is -0.138. The summed E-state index contributed by atoms with van der Waals surface area (Å²) < 4.78 is 0. The van der Waals surface area contributed by atoms with Crippen LogP contribution in [0.15, 0.2) is 4.79 Å². The zero-order chi connectivity index (χ0) is 14.4. The quantitative estimate of drug-likeness (QED) is 0.875. The molecule has 0 aromatic carbocycles. The molecular weight excluding hydrogens is 268 g/mol. The number of likely N-dealkylation sites (tertiary alicyclic amines) is 1. The average molecular weight is 290 g/mol. The highest BCUT2D eigenvalue weighted by atomic mass is 16.2. The van der Waals surface area contributed by atoms with Gasteiger partial charge in [0.15, 0.2) is 0 Å². The van der Waals surface area contributed by atoms with Gasteiger partial charge in [0.1, 0.15) is 5.82 Å². The molecule has 4 rings (SSSR count). The number of hydrogen-bond acceptors (Lipinski definition) is 3. The van der Waals surface area contributed by atoms with E-state index in [-0.39, 0.29) is 17.5 Å². The van der Waals surface area contributed by atoms with Crippen molar-refractivity contribution in [1.82, 2.24) is 20.1 Å². The van der Waals surface area contributed by atoms with Crippen molar-refractivity contribution in [3.05, 3.63) is 16.3 Å². The fraction of sp³-hybridized carbons (Fsp3) is 0.800. The molecular formula is C15H22N4O2. The topological polar surface area (TPSA) is 81.8 Å². The second-order valence-corrected chi connectivity index (χ2v) is 6.89. The Balaban J connectivity index is 1.47. The number of nitrogens with one attached hydrogen (secondary N) is 2. The first-order valence-electron chi connectivity index (χ1n) is 8.16. The number of H-pyrrole nitrogens is 2. The van der Waals surface area contributed by atoms with Crippen molar-refractivity contribution in [2.45, 2.75) is 44.4 Å². The number of aromatic nitrogens is 3. The first-order valence-corrected chi connectivity index (χ1v) is 8.16. The molecule has 1 amide bonds. The van der Waals surface area contributed by atoms with Crippen molar-refractivity contribution in [2.75, 3.05) is 13.1 Å². The van der Waals surface area contributed by atoms with Gasteiger partial charge in [-0.2, -0.15) is 5.10 Å². The third-order valence-corrected chi connectivity index (χ3v) is 5.18. The molecule has 0 bridgehead atoms. The van der Waals surface area contributed by atoms with E-state index in [1.54, 1.807) is 0 Å². The van der Waals surface area contributed by atoms with Gasteiger partial charge in [-0.25, -0.2) is 9.89 Å². The van der Waals surface area contributed by atoms with E-state index in [2.05, 4.69) is 15.2 Å². The molecule has 2 saturated carbocycles. The van der Waals surface area contributed by atoms with Crippen LogP contribution in [0.2, 0.25) is 0 Å². The fourth-order valence-electron chi connectivity index (χ4n) is 3.79. The van der Waals surface area contributed by atoms with Crippen LogP contribution in [-0.2, 0) is 4.79 Å². The molecule has 2 aliphatic carbocycles. The summed E-state index contributed by atoms with van der Waals surface area (Å²) in [7, 11) is 0. The van der Waals surface area contributed by atoms with Crippen molar-refractivity contribution < 1.29 is 4.79 Å². The third-order valence-electron chi connectivity index (χ3n) is 5.18. The Hall–Kier alpha value is -1.59. The minimum absolute atomic E-state index is 0.167. The number of nitrogens with zero attached hydrogens (tertiary/aromatic N) is 2. The van der Waals surface area contributed by atoms with Gasteiger partial charge in [0.2, 0.25) is 5.91 Å². The first kappa shape index (κ1) is 13.1. The predicted octanol–water partition coefficient (Wildman–Crippen LogP) is 1.24. The second kappa shape index (κ2) is 5.00. The van der Waals surface area contributed by atoms with E-state index in [1.165, 1.54) is 25.7 Å². The molecule has 2 N–H and O–H groups in total. The monoisotopic (exact) mass is 290 g/mol. The van der Waals surface area contributed by atoms with E-state index >= 15 is 0 Å². The Morgan fingerprint density at radius 3 is 2.48 bits per heavy atom. The summed E-state index contributed by atoms with van der Waals surface area (Å²) in [6, 6.07) is 0. The normalized spacial score (nSPS) is 26.3. The number of carbonyl (C=O) groups is 1. The summed E-state index contributed by atoms with van der Waals surface area (Å²) in [5.74, 6) is 2.81. The Morgan fingerprint density at radius 1 is 1.19 bits per heavy atom. The minimum atomic E-state index is -0.262. The lowest BCUT2D eigenvalue weighted by Gasteiger charge is -2.34. The molecule has 1 aromatic heterocycles. The number of hydrogen-bond donors (Lipinski definition) is 2. The van der Waals surface area contributed by atoms with Crippen molar-refractivity contribution in [3.8, 4) is 0 Å². The maximum absolute atomic E-state index is 12.9. The lowest BCUT2D eigenvalue weighted by atomic mass is 9.92. The van der Waals surface area contributed by atoms with Gasteiger partial charge in [0.25, 0.3) is 0 Å². The smallest absolute Gasteiger partial charge is 0.340 e. The SMILES string of the molecule is O=C(C(C1CC1)C1CC1)N1CCCC(c2n[nH]c(=O)[nH]2)C1. The average Bonchev–Trinajstić information content (AvgIpc) is 3.41. The van der Waals surface area contributed by atoms with Crippen molar-refractivity contribution in [3.63, 3.8) is 0 Å². The van der Waals surface area contributed by atoms with E-state index in [4.69, 9.17) is 0 Å². The second-order valence-electron chi connectivity index (χ2n) is 6.89. The van der Waals surface area contributed by atoms with E-state index in [1.807, 2.05) is 4.90 Å². The molecule has 6 heteroatoms. The van der Waals surface area contributed by atoms with Gasteiger partial charge in [-0.3, -0.25) is 9.78 Å². The molecule has 3 fully saturated rings. The summed E-state index contributed by atoms with van der Waals surface area (Å²) in [6.07, 6.45) is 6.91. The minimum Gasteiger partial charge on any atom is -0.342 e. The van der Waals surface area contributed by atoms with Crippen LogP contribution in [0.3, 0.4) is 0 Å². The van der Waals surface area contributed by atoms with E-state index in [9.17, 15) is 9.59 Å². The van der Waals surface area contributed by atoms with Crippen LogP contribution in [-0.4, -0.2) is 39.1 Å². The highest BCUT2D eigenvalue weighted by Crippen LogP contribution is 2.50. The summed E-state index contributed by atoms with van der Waals surface area (Å²) in [5, 5.41) is 6.47. The molecule has 2 heterocycles. The molecule has 0 radical (unpaired) electrons. The molecule has 3 aliphatic rings. The molecule has 6 nitrogen and oxygen atoms in total. The maximum Gasteiger partial charge on any atom is 0.340 e. The van der Waals surface area contributed by atoms with Crippen molar-refractivity contribution in [2.24, 2.45) is 17.8 Å². The van der Waals surface area contributed by atoms with Crippen LogP contribution >= 0.6 is 0 Å². The summed E-state index contributed by atoms with van der Waals surface area (Å²) in [4.78, 5) is 28.8. The van der Waals surface area contributed by atoms with Gasteiger partial charge < -0.3 is 4.90 Å². The number of carbonyl (C=O) groups excluding carboxylic acids is 1. The van der Waals surface area contributed by atoms with Gasteiger partial charge >= 0.3 is 5.69 Å². The first-order chi connectivity index (χ1) is 10.2. The Bertz CT molecular complexity index is 572. The zero-order valence-electron chi connectivity index (χ0n) is 12.2. The lowest BCUT2D eigenvalue weighted by Crippen LogP contribution is -2.43. The largest absolute Gasteiger partial charge is 0.342 e. The van der Waals surface area contributed by atoms with Crippen LogP contribution in [0.5, 0.6) is 0 Å². The van der Waals surface area contributed by atoms with Gasteiger partial charge in [0, 0.05) is 24.9 Å². The van der Waals surface area contributed by atoms with Gasteiger partial charge in [0.05, 0.1) is 0 Å². The van der Waals surface area contributed by atoms with Crippen molar-refractivity contribution >= 4 is 5.91 Å². The number of rotatable bonds is 4. The predicted molar refractivity (Wildman–Crippen MR) is 76.7 cm³/mol. The summed E-state index contributed by atoms with van der Waals surface area (Å²) in [6.45, 7) is 1.56. The highest BCUT2D eigenvalue weighted by molar-refractivity contribution is 5.80. The Morgan fingerprint density at radius 2 is 1.90 bits per heavy atom. The third kappa shape index (κ3) is 2.63. The molecule has 1 aromatic rings. The molecule has 0 spiro atoms. The summed E-state index contributed by atoms with van der Waals surface area (Å²) >= 11 is 0. The molecule has 1 aliphatic heterocycles. The van der Waals surface area contributed by atoms with Crippen molar-refractivity contribution in [1.29, 1.82) is 0 Å². The fourth-order valence-corrected chi connectivity index (χ4v) is 3.79. The van der Waals surface area contributed by atoms with Crippen LogP contribution in [0.4, 0.5) is 0 Å². The number of aromatic amines is 2. The molecule has 1 unspecified atom stereocenters. The highest BCUT2D eigenvalue weighted by Gasteiger charge is 2.47. The van der Waals surface area contributed by atoms with Gasteiger partial charge in [-0.1, -0.05) is 0 Å². The van der Waals surface area contributed by atoms with Crippen LogP contribution in [0.25, 0.3) is 0 Å². The van der Waals surface area contributed by atoms with Gasteiger partial charge in [-0.05, 0) is 50.4 Å². The standard InChI is InChI=1S/C15H22N4O2/c20-14(12(9-3-4-9)10-5-6-10)19-7-1-2-11(8-19)13-16-15(21)18-17-13/h9-12H,1-8H2,(H2,16,17,18,21). The van der Waals surface area contributed by atoms with Gasteiger partial charge in [-0.15, -0.1) is 0 Å². The Labute approximate surface area is 123 Å². The van der Waals surface area contributed by atoms with Crippen LogP contribution in [0, 0.1) is 17.8 Å². The van der Waals surface area contributed by atoms with E-state index < -0.39 is 0 Å². The summed E-state index contributed by atoms with van der Waals surface area (Å²) in [5.41, 5.74) is -0.262. The van der Waals surface area contributed by atoms with Crippen LogP contribution < -0.4 is 5.69 Å². The molecule has 21 heavy (non-hydrogen) atoms. The number of piperidine rings is 1. The van der Waals surface area contributed by atoms with E-state index in [0.717, 1.165) is 19.4 Å². The van der Waals surface area contributed by atoms with E-state index in [0.29, 0.717) is 30.1 Å². The zero-order valence-corrected chi connectivity index (χ0v) is 12.2. The molecule has 1 saturated heterocycles. The number of amides is 1.